The van der Waals surface area contributed by atoms with Gasteiger partial charge in [0.1, 0.15) is 5.69 Å². The van der Waals surface area contributed by atoms with Gasteiger partial charge in [0, 0.05) is 17.3 Å². The van der Waals surface area contributed by atoms with Gasteiger partial charge in [0.25, 0.3) is 0 Å². The highest BCUT2D eigenvalue weighted by Gasteiger charge is 2.19. The van der Waals surface area contributed by atoms with Crippen molar-refractivity contribution in [3.63, 3.8) is 0 Å². The Hall–Kier alpha value is -1.86. The van der Waals surface area contributed by atoms with Gasteiger partial charge >= 0.3 is 0 Å². The lowest BCUT2D eigenvalue weighted by Crippen LogP contribution is -2.13. The van der Waals surface area contributed by atoms with Crippen molar-refractivity contribution in [1.29, 1.82) is 0 Å². The number of primary sulfonamides is 1. The number of aromatic amines is 1. The molecule has 0 bridgehead atoms. The summed E-state index contributed by atoms with van der Waals surface area (Å²) in [5.74, 6) is 0. The number of hydrogen-bond donors (Lipinski definition) is 2. The van der Waals surface area contributed by atoms with E-state index in [4.69, 9.17) is 28.3 Å². The molecule has 118 valence electrons. The van der Waals surface area contributed by atoms with Crippen molar-refractivity contribution in [2.75, 3.05) is 0 Å². The third-order valence-electron chi connectivity index (χ3n) is 3.32. The van der Waals surface area contributed by atoms with Crippen LogP contribution in [0.5, 0.6) is 0 Å². The second-order valence-electron chi connectivity index (χ2n) is 4.82. The van der Waals surface area contributed by atoms with Crippen LogP contribution < -0.4 is 5.14 Å². The summed E-state index contributed by atoms with van der Waals surface area (Å²) < 4.78 is 23.6. The molecule has 23 heavy (non-hydrogen) atoms. The molecule has 3 rings (SSSR count). The molecule has 1 aromatic heterocycles. The fourth-order valence-electron chi connectivity index (χ4n) is 2.29. The Kier molecular flexibility index (Phi) is 4.16. The number of H-pyrrole nitrogens is 1. The lowest BCUT2D eigenvalue weighted by molar-refractivity contribution is 0.598. The molecule has 0 saturated carbocycles. The van der Waals surface area contributed by atoms with Crippen LogP contribution in [0.15, 0.2) is 53.6 Å². The van der Waals surface area contributed by atoms with E-state index in [1.54, 1.807) is 42.6 Å². The van der Waals surface area contributed by atoms with E-state index in [0.717, 1.165) is 5.56 Å². The molecule has 3 aromatic rings. The summed E-state index contributed by atoms with van der Waals surface area (Å²) in [5.41, 5.74) is 2.33. The molecule has 0 fully saturated rings. The van der Waals surface area contributed by atoms with Crippen LogP contribution in [0, 0.1) is 0 Å². The highest BCUT2D eigenvalue weighted by Crippen LogP contribution is 2.35. The number of nitrogens with zero attached hydrogens (tertiary/aromatic N) is 1. The predicted molar refractivity (Wildman–Crippen MR) is 90.9 cm³/mol. The van der Waals surface area contributed by atoms with Crippen LogP contribution in [0.3, 0.4) is 0 Å². The fraction of sp³-hybridized carbons (Fsp3) is 0. The molecule has 8 heteroatoms. The Bertz CT molecular complexity index is 984. The SMILES string of the molecule is NS(=O)(=O)c1ccccc1-c1n[nH]cc1-c1ccc(Cl)c(Cl)c1. The molecule has 2 aromatic carbocycles. The smallest absolute Gasteiger partial charge is 0.238 e. The summed E-state index contributed by atoms with van der Waals surface area (Å²) in [6.07, 6.45) is 1.66. The summed E-state index contributed by atoms with van der Waals surface area (Å²) in [6, 6.07) is 11.6. The van der Waals surface area contributed by atoms with Gasteiger partial charge in [0.15, 0.2) is 0 Å². The van der Waals surface area contributed by atoms with Crippen molar-refractivity contribution in [3.8, 4) is 22.4 Å². The molecule has 5 nitrogen and oxygen atoms in total. The summed E-state index contributed by atoms with van der Waals surface area (Å²) in [7, 11) is -3.87. The van der Waals surface area contributed by atoms with Gasteiger partial charge in [-0.05, 0) is 23.8 Å². The first kappa shape index (κ1) is 16.0. The van der Waals surface area contributed by atoms with Gasteiger partial charge < -0.3 is 0 Å². The largest absolute Gasteiger partial charge is 0.284 e. The molecule has 0 spiro atoms. The number of hydrogen-bond acceptors (Lipinski definition) is 3. The molecular weight excluding hydrogens is 357 g/mol. The van der Waals surface area contributed by atoms with Gasteiger partial charge in [-0.2, -0.15) is 5.10 Å². The maximum absolute atomic E-state index is 11.8. The predicted octanol–water partition coefficient (Wildman–Crippen LogP) is 3.70. The van der Waals surface area contributed by atoms with Crippen LogP contribution in [-0.2, 0) is 10.0 Å². The van der Waals surface area contributed by atoms with Crippen molar-refractivity contribution in [1.82, 2.24) is 10.2 Å². The molecule has 0 saturated heterocycles. The average molecular weight is 368 g/mol. The molecule has 0 radical (unpaired) electrons. The lowest BCUT2D eigenvalue weighted by atomic mass is 10.0. The zero-order valence-electron chi connectivity index (χ0n) is 11.6. The van der Waals surface area contributed by atoms with Crippen LogP contribution in [0.1, 0.15) is 0 Å². The first-order valence-electron chi connectivity index (χ1n) is 6.49. The number of halogens is 2. The Morgan fingerprint density at radius 2 is 1.74 bits per heavy atom. The van der Waals surface area contributed by atoms with Gasteiger partial charge in [-0.15, -0.1) is 0 Å². The normalized spacial score (nSPS) is 11.6. The molecule has 0 amide bonds. The molecular formula is C15H11Cl2N3O2S. The summed E-state index contributed by atoms with van der Waals surface area (Å²) in [5, 5.41) is 13.0. The maximum Gasteiger partial charge on any atom is 0.238 e. The first-order chi connectivity index (χ1) is 10.9. The fourth-order valence-corrected chi connectivity index (χ4v) is 3.33. The van der Waals surface area contributed by atoms with Crippen molar-refractivity contribution in [2.45, 2.75) is 4.90 Å². The van der Waals surface area contributed by atoms with Crippen molar-refractivity contribution in [3.05, 3.63) is 58.7 Å². The maximum atomic E-state index is 11.8. The second-order valence-corrected chi connectivity index (χ2v) is 7.16. The van der Waals surface area contributed by atoms with Gasteiger partial charge in [-0.1, -0.05) is 47.5 Å². The lowest BCUT2D eigenvalue weighted by Gasteiger charge is -2.08. The van der Waals surface area contributed by atoms with Crippen molar-refractivity contribution in [2.24, 2.45) is 5.14 Å². The van der Waals surface area contributed by atoms with Crippen LogP contribution in [0.4, 0.5) is 0 Å². The van der Waals surface area contributed by atoms with E-state index in [2.05, 4.69) is 10.2 Å². The quantitative estimate of drug-likeness (QED) is 0.739. The van der Waals surface area contributed by atoms with Crippen molar-refractivity contribution >= 4 is 33.2 Å². The highest BCUT2D eigenvalue weighted by molar-refractivity contribution is 7.89. The Balaban J connectivity index is 2.22. The van der Waals surface area contributed by atoms with E-state index < -0.39 is 10.0 Å². The summed E-state index contributed by atoms with van der Waals surface area (Å²) in [4.78, 5) is 0.00779. The van der Waals surface area contributed by atoms with Crippen LogP contribution in [0.2, 0.25) is 10.0 Å². The van der Waals surface area contributed by atoms with E-state index in [1.807, 2.05) is 0 Å². The number of rotatable bonds is 3. The van der Waals surface area contributed by atoms with Gasteiger partial charge in [0.2, 0.25) is 10.0 Å². The number of sulfonamides is 1. The highest BCUT2D eigenvalue weighted by atomic mass is 35.5. The van der Waals surface area contributed by atoms with Crippen molar-refractivity contribution < 1.29 is 8.42 Å². The first-order valence-corrected chi connectivity index (χ1v) is 8.79. The molecule has 0 aliphatic rings. The molecule has 1 heterocycles. The Labute approximate surface area is 143 Å². The van der Waals surface area contributed by atoms with E-state index in [0.29, 0.717) is 26.9 Å². The van der Waals surface area contributed by atoms with E-state index >= 15 is 0 Å². The zero-order chi connectivity index (χ0) is 16.6. The third-order valence-corrected chi connectivity index (χ3v) is 5.03. The number of nitrogens with two attached hydrogens (primary N) is 1. The van der Waals surface area contributed by atoms with E-state index in [-0.39, 0.29) is 4.90 Å². The van der Waals surface area contributed by atoms with Gasteiger partial charge in [0.05, 0.1) is 14.9 Å². The molecule has 0 unspecified atom stereocenters. The Morgan fingerprint density at radius 3 is 2.43 bits per heavy atom. The zero-order valence-corrected chi connectivity index (χ0v) is 14.0. The minimum Gasteiger partial charge on any atom is -0.284 e. The summed E-state index contributed by atoms with van der Waals surface area (Å²) >= 11 is 12.0. The minimum atomic E-state index is -3.87. The molecule has 0 aliphatic carbocycles. The van der Waals surface area contributed by atoms with E-state index in [9.17, 15) is 8.42 Å². The number of benzene rings is 2. The average Bonchev–Trinajstić information content (AvgIpc) is 2.98. The summed E-state index contributed by atoms with van der Waals surface area (Å²) in [6.45, 7) is 0. The molecule has 0 atom stereocenters. The topological polar surface area (TPSA) is 88.8 Å². The minimum absolute atomic E-state index is 0.00779. The van der Waals surface area contributed by atoms with Crippen LogP contribution in [-0.4, -0.2) is 18.6 Å². The van der Waals surface area contributed by atoms with Crippen LogP contribution >= 0.6 is 23.2 Å². The number of nitrogens with one attached hydrogen (secondary N) is 1. The molecule has 3 N–H and O–H groups in total. The monoisotopic (exact) mass is 367 g/mol. The number of aromatic nitrogens is 2. The Morgan fingerprint density at radius 1 is 1.00 bits per heavy atom. The van der Waals surface area contributed by atoms with Gasteiger partial charge in [-0.25, -0.2) is 13.6 Å². The van der Waals surface area contributed by atoms with Gasteiger partial charge in [-0.3, -0.25) is 5.10 Å². The standard InChI is InChI=1S/C15H11Cl2N3O2S/c16-12-6-5-9(7-13(12)17)11-8-19-20-15(11)10-3-1-2-4-14(10)23(18,21)22/h1-8H,(H,19,20)(H2,18,21,22). The third kappa shape index (κ3) is 3.11. The van der Waals surface area contributed by atoms with E-state index in [1.165, 1.54) is 6.07 Å². The molecule has 0 aliphatic heterocycles. The van der Waals surface area contributed by atoms with Crippen LogP contribution in [0.25, 0.3) is 22.4 Å². The second kappa shape index (κ2) is 5.98.